The molecule has 0 bridgehead atoms. The molecule has 0 unspecified atom stereocenters. The van der Waals surface area contributed by atoms with Crippen molar-refractivity contribution in [3.05, 3.63) is 57.1 Å². The smallest absolute Gasteiger partial charge is 0.160 e. The van der Waals surface area contributed by atoms with Crippen molar-refractivity contribution in [1.82, 2.24) is 20.0 Å². The number of nitrogens with one attached hydrogen (secondary N) is 1. The highest BCUT2D eigenvalue weighted by Gasteiger charge is 2.34. The molecular weight excluding hydrogens is 296 g/mol. The summed E-state index contributed by atoms with van der Waals surface area (Å²) >= 11 is 1.81. The minimum atomic E-state index is 0.0395. The molecule has 114 valence electrons. The third-order valence-electron chi connectivity index (χ3n) is 4.26. The minimum Gasteiger partial charge on any atom is -0.359 e. The standard InChI is InChI=1S/C16H18N4OS/c1-10-4-6-22-14(10)8-20-5-3-12-15(18-9-17-12)16(20)13-7-11(2)19-21-13/h4,6-7,9,16H,3,5,8H2,1-2H3,(H,17,18)/t16-/m1/s1. The average Bonchev–Trinajstić information content (AvgIpc) is 3.21. The number of hydrogen-bond acceptors (Lipinski definition) is 5. The molecule has 3 aromatic rings. The Labute approximate surface area is 133 Å². The second kappa shape index (κ2) is 5.37. The first kappa shape index (κ1) is 13.7. The third kappa shape index (κ3) is 2.28. The van der Waals surface area contributed by atoms with E-state index in [1.54, 1.807) is 6.33 Å². The number of H-pyrrole nitrogens is 1. The predicted octanol–water partition coefficient (Wildman–Crippen LogP) is 3.22. The largest absolute Gasteiger partial charge is 0.359 e. The topological polar surface area (TPSA) is 58.0 Å². The minimum absolute atomic E-state index is 0.0395. The summed E-state index contributed by atoms with van der Waals surface area (Å²) in [5.74, 6) is 0.875. The van der Waals surface area contributed by atoms with Crippen LogP contribution >= 0.6 is 11.3 Å². The van der Waals surface area contributed by atoms with Crippen LogP contribution in [0, 0.1) is 13.8 Å². The zero-order valence-electron chi connectivity index (χ0n) is 12.7. The van der Waals surface area contributed by atoms with Crippen LogP contribution in [0.5, 0.6) is 0 Å². The Kier molecular flexibility index (Phi) is 3.35. The maximum absolute atomic E-state index is 5.57. The molecule has 6 heteroatoms. The number of aromatic nitrogens is 3. The summed E-state index contributed by atoms with van der Waals surface area (Å²) in [4.78, 5) is 11.6. The molecule has 0 saturated heterocycles. The van der Waals surface area contributed by atoms with Crippen LogP contribution in [0.15, 0.2) is 28.4 Å². The van der Waals surface area contributed by atoms with Crippen molar-refractivity contribution in [3.63, 3.8) is 0 Å². The molecule has 1 N–H and O–H groups in total. The average molecular weight is 314 g/mol. The summed E-state index contributed by atoms with van der Waals surface area (Å²) in [6, 6.07) is 4.23. The van der Waals surface area contributed by atoms with Crippen LogP contribution in [0.3, 0.4) is 0 Å². The van der Waals surface area contributed by atoms with E-state index in [4.69, 9.17) is 4.52 Å². The number of rotatable bonds is 3. The van der Waals surface area contributed by atoms with Gasteiger partial charge < -0.3 is 9.51 Å². The molecule has 0 spiro atoms. The molecule has 22 heavy (non-hydrogen) atoms. The van der Waals surface area contributed by atoms with Crippen LogP contribution in [0.2, 0.25) is 0 Å². The van der Waals surface area contributed by atoms with Gasteiger partial charge in [-0.05, 0) is 30.9 Å². The summed E-state index contributed by atoms with van der Waals surface area (Å²) in [6.07, 6.45) is 2.77. The second-order valence-electron chi connectivity index (χ2n) is 5.79. The van der Waals surface area contributed by atoms with E-state index >= 15 is 0 Å². The van der Waals surface area contributed by atoms with Gasteiger partial charge in [-0.2, -0.15) is 0 Å². The van der Waals surface area contributed by atoms with Crippen LogP contribution in [0.4, 0.5) is 0 Å². The Morgan fingerprint density at radius 3 is 3.09 bits per heavy atom. The highest BCUT2D eigenvalue weighted by Crippen LogP contribution is 2.35. The molecule has 0 amide bonds. The quantitative estimate of drug-likeness (QED) is 0.806. The monoisotopic (exact) mass is 314 g/mol. The number of aromatic amines is 1. The van der Waals surface area contributed by atoms with Gasteiger partial charge in [0.15, 0.2) is 5.76 Å². The van der Waals surface area contributed by atoms with Gasteiger partial charge in [0.2, 0.25) is 0 Å². The Morgan fingerprint density at radius 1 is 1.45 bits per heavy atom. The fourth-order valence-electron chi connectivity index (χ4n) is 3.07. The van der Waals surface area contributed by atoms with Crippen molar-refractivity contribution in [1.29, 1.82) is 0 Å². The lowest BCUT2D eigenvalue weighted by Gasteiger charge is -2.33. The lowest BCUT2D eigenvalue weighted by molar-refractivity contribution is 0.171. The molecule has 3 aromatic heterocycles. The van der Waals surface area contributed by atoms with Gasteiger partial charge in [-0.15, -0.1) is 11.3 Å². The maximum Gasteiger partial charge on any atom is 0.160 e. The van der Waals surface area contributed by atoms with Gasteiger partial charge in [-0.25, -0.2) is 4.98 Å². The first-order chi connectivity index (χ1) is 10.7. The maximum atomic E-state index is 5.57. The van der Waals surface area contributed by atoms with E-state index in [9.17, 15) is 0 Å². The zero-order chi connectivity index (χ0) is 15.1. The van der Waals surface area contributed by atoms with E-state index in [1.165, 1.54) is 16.1 Å². The number of thiophene rings is 1. The molecule has 0 saturated carbocycles. The van der Waals surface area contributed by atoms with Gasteiger partial charge in [-0.1, -0.05) is 5.16 Å². The van der Waals surface area contributed by atoms with Crippen LogP contribution in [-0.2, 0) is 13.0 Å². The zero-order valence-corrected chi connectivity index (χ0v) is 13.5. The molecule has 1 aliphatic rings. The highest BCUT2D eigenvalue weighted by molar-refractivity contribution is 7.10. The number of fused-ring (bicyclic) bond motifs is 1. The van der Waals surface area contributed by atoms with Crippen molar-refractivity contribution in [2.45, 2.75) is 32.9 Å². The number of imidazole rings is 1. The van der Waals surface area contributed by atoms with E-state index in [0.717, 1.165) is 36.7 Å². The Bertz CT molecular complexity index is 788. The van der Waals surface area contributed by atoms with Crippen molar-refractivity contribution >= 4 is 11.3 Å². The summed E-state index contributed by atoms with van der Waals surface area (Å²) in [5.41, 5.74) is 4.53. The third-order valence-corrected chi connectivity index (χ3v) is 5.26. The Balaban J connectivity index is 1.72. The predicted molar refractivity (Wildman–Crippen MR) is 84.8 cm³/mol. The summed E-state index contributed by atoms with van der Waals surface area (Å²) in [7, 11) is 0. The van der Waals surface area contributed by atoms with Crippen LogP contribution < -0.4 is 0 Å². The Hall–Kier alpha value is -1.92. The van der Waals surface area contributed by atoms with Crippen molar-refractivity contribution in [2.24, 2.45) is 0 Å². The van der Waals surface area contributed by atoms with Gasteiger partial charge in [-0.3, -0.25) is 4.90 Å². The lowest BCUT2D eigenvalue weighted by Crippen LogP contribution is -2.35. The van der Waals surface area contributed by atoms with E-state index in [2.05, 4.69) is 38.4 Å². The van der Waals surface area contributed by atoms with Gasteiger partial charge >= 0.3 is 0 Å². The van der Waals surface area contributed by atoms with Crippen molar-refractivity contribution in [2.75, 3.05) is 6.54 Å². The van der Waals surface area contributed by atoms with Gasteiger partial charge in [0.25, 0.3) is 0 Å². The van der Waals surface area contributed by atoms with Crippen molar-refractivity contribution < 1.29 is 4.52 Å². The molecule has 1 aliphatic heterocycles. The molecule has 4 rings (SSSR count). The van der Waals surface area contributed by atoms with Crippen LogP contribution in [0.1, 0.15) is 39.3 Å². The number of aryl methyl sites for hydroxylation is 2. The summed E-state index contributed by atoms with van der Waals surface area (Å²) < 4.78 is 5.57. The van der Waals surface area contributed by atoms with Gasteiger partial charge in [0, 0.05) is 36.1 Å². The normalized spacial score (nSPS) is 18.5. The van der Waals surface area contributed by atoms with Crippen LogP contribution in [0.25, 0.3) is 0 Å². The fraction of sp³-hybridized carbons (Fsp3) is 0.375. The molecule has 4 heterocycles. The molecule has 0 aliphatic carbocycles. The highest BCUT2D eigenvalue weighted by atomic mass is 32.1. The van der Waals surface area contributed by atoms with E-state index < -0.39 is 0 Å². The van der Waals surface area contributed by atoms with Crippen molar-refractivity contribution in [3.8, 4) is 0 Å². The van der Waals surface area contributed by atoms with E-state index in [-0.39, 0.29) is 6.04 Å². The SMILES string of the molecule is Cc1cc([C@@H]2c3nc[nH]c3CCN2Cc2sccc2C)on1. The molecule has 0 radical (unpaired) electrons. The van der Waals surface area contributed by atoms with Gasteiger partial charge in [0.05, 0.1) is 17.7 Å². The summed E-state index contributed by atoms with van der Waals surface area (Å²) in [5, 5.41) is 6.22. The van der Waals surface area contributed by atoms with E-state index in [1.807, 2.05) is 24.3 Å². The van der Waals surface area contributed by atoms with Crippen LogP contribution in [-0.4, -0.2) is 26.6 Å². The first-order valence-corrected chi connectivity index (χ1v) is 8.32. The molecule has 1 atom stereocenters. The first-order valence-electron chi connectivity index (χ1n) is 7.45. The fourth-order valence-corrected chi connectivity index (χ4v) is 4.00. The number of nitrogens with zero attached hydrogens (tertiary/aromatic N) is 3. The molecule has 5 nitrogen and oxygen atoms in total. The Morgan fingerprint density at radius 2 is 2.36 bits per heavy atom. The molecule has 0 fully saturated rings. The van der Waals surface area contributed by atoms with E-state index in [0.29, 0.717) is 0 Å². The second-order valence-corrected chi connectivity index (χ2v) is 6.79. The van der Waals surface area contributed by atoms with Gasteiger partial charge in [0.1, 0.15) is 6.04 Å². The molecular formula is C16H18N4OS. The number of hydrogen-bond donors (Lipinski definition) is 1. The lowest BCUT2D eigenvalue weighted by atomic mass is 10.00. The summed E-state index contributed by atoms with van der Waals surface area (Å²) in [6.45, 7) is 6.02. The molecule has 0 aromatic carbocycles.